The fourth-order valence-electron chi connectivity index (χ4n) is 1.23. The highest BCUT2D eigenvalue weighted by molar-refractivity contribution is 5.29. The molecule has 1 heterocycles. The minimum Gasteiger partial charge on any atom is -0.353 e. The van der Waals surface area contributed by atoms with Crippen molar-refractivity contribution in [2.24, 2.45) is 0 Å². The SMILES string of the molecule is Cc1cn(CC(F)(F)F)c(NC(C)C)n1. The lowest BCUT2D eigenvalue weighted by molar-refractivity contribution is -0.140. The minimum atomic E-state index is -4.22. The van der Waals surface area contributed by atoms with Gasteiger partial charge in [-0.25, -0.2) is 4.98 Å². The van der Waals surface area contributed by atoms with Crippen LogP contribution in [0, 0.1) is 6.92 Å². The molecule has 15 heavy (non-hydrogen) atoms. The lowest BCUT2D eigenvalue weighted by atomic mass is 10.4. The van der Waals surface area contributed by atoms with Crippen molar-refractivity contribution in [1.82, 2.24) is 9.55 Å². The van der Waals surface area contributed by atoms with E-state index in [0.29, 0.717) is 5.69 Å². The maximum atomic E-state index is 12.2. The topological polar surface area (TPSA) is 29.9 Å². The van der Waals surface area contributed by atoms with Crippen LogP contribution in [0.15, 0.2) is 6.20 Å². The smallest absolute Gasteiger partial charge is 0.353 e. The normalized spacial score (nSPS) is 12.2. The summed E-state index contributed by atoms with van der Waals surface area (Å²) in [6.07, 6.45) is -2.83. The molecule has 0 saturated carbocycles. The van der Waals surface area contributed by atoms with Crippen molar-refractivity contribution in [3.05, 3.63) is 11.9 Å². The average Bonchev–Trinajstić information content (AvgIpc) is 2.25. The van der Waals surface area contributed by atoms with Gasteiger partial charge in [0, 0.05) is 12.2 Å². The van der Waals surface area contributed by atoms with Crippen molar-refractivity contribution in [2.45, 2.75) is 39.5 Å². The van der Waals surface area contributed by atoms with Gasteiger partial charge in [-0.05, 0) is 20.8 Å². The summed E-state index contributed by atoms with van der Waals surface area (Å²) in [5.41, 5.74) is 0.572. The second-order valence-corrected chi connectivity index (χ2v) is 3.75. The van der Waals surface area contributed by atoms with Crippen molar-refractivity contribution in [3.8, 4) is 0 Å². The number of alkyl halides is 3. The molecule has 0 bridgehead atoms. The van der Waals surface area contributed by atoms with Gasteiger partial charge in [-0.3, -0.25) is 0 Å². The number of rotatable bonds is 3. The summed E-state index contributed by atoms with van der Waals surface area (Å²) < 4.78 is 37.7. The van der Waals surface area contributed by atoms with Crippen LogP contribution in [0.2, 0.25) is 0 Å². The molecule has 0 spiro atoms. The van der Waals surface area contributed by atoms with E-state index in [-0.39, 0.29) is 12.0 Å². The molecule has 0 aliphatic rings. The van der Waals surface area contributed by atoms with E-state index in [1.807, 2.05) is 13.8 Å². The van der Waals surface area contributed by atoms with E-state index in [1.54, 1.807) is 6.92 Å². The molecular formula is C9H14F3N3. The van der Waals surface area contributed by atoms with Gasteiger partial charge >= 0.3 is 6.18 Å². The number of halogens is 3. The molecule has 0 aliphatic heterocycles. The van der Waals surface area contributed by atoms with Gasteiger partial charge in [0.2, 0.25) is 5.95 Å². The first-order valence-electron chi connectivity index (χ1n) is 4.65. The Balaban J connectivity index is 2.86. The molecule has 0 aliphatic carbocycles. The third-order valence-corrected chi connectivity index (χ3v) is 1.66. The standard InChI is InChI=1S/C9H14F3N3/c1-6(2)13-8-14-7(3)4-15(8)5-9(10,11)12/h4,6H,5H2,1-3H3,(H,13,14). The molecular weight excluding hydrogens is 207 g/mol. The zero-order valence-electron chi connectivity index (χ0n) is 8.89. The quantitative estimate of drug-likeness (QED) is 0.850. The number of hydrogen-bond acceptors (Lipinski definition) is 2. The number of hydrogen-bond donors (Lipinski definition) is 1. The van der Waals surface area contributed by atoms with Crippen LogP contribution in [-0.2, 0) is 6.54 Å². The van der Waals surface area contributed by atoms with E-state index in [1.165, 1.54) is 6.20 Å². The van der Waals surface area contributed by atoms with E-state index in [0.717, 1.165) is 4.57 Å². The molecule has 86 valence electrons. The monoisotopic (exact) mass is 221 g/mol. The van der Waals surface area contributed by atoms with Crippen molar-refractivity contribution in [3.63, 3.8) is 0 Å². The highest BCUT2D eigenvalue weighted by atomic mass is 19.4. The van der Waals surface area contributed by atoms with Gasteiger partial charge in [-0.2, -0.15) is 13.2 Å². The van der Waals surface area contributed by atoms with E-state index in [2.05, 4.69) is 10.3 Å². The molecule has 1 aromatic rings. The molecule has 0 aromatic carbocycles. The van der Waals surface area contributed by atoms with Crippen LogP contribution in [0.4, 0.5) is 19.1 Å². The summed E-state index contributed by atoms with van der Waals surface area (Å²) in [5, 5.41) is 2.87. The fraction of sp³-hybridized carbons (Fsp3) is 0.667. The van der Waals surface area contributed by atoms with E-state index < -0.39 is 12.7 Å². The maximum absolute atomic E-state index is 12.2. The van der Waals surface area contributed by atoms with Gasteiger partial charge < -0.3 is 9.88 Å². The van der Waals surface area contributed by atoms with Crippen LogP contribution in [-0.4, -0.2) is 21.8 Å². The molecule has 0 atom stereocenters. The Morgan fingerprint density at radius 1 is 1.47 bits per heavy atom. The third-order valence-electron chi connectivity index (χ3n) is 1.66. The first-order valence-corrected chi connectivity index (χ1v) is 4.65. The largest absolute Gasteiger partial charge is 0.406 e. The van der Waals surface area contributed by atoms with Crippen LogP contribution in [0.5, 0.6) is 0 Å². The predicted octanol–water partition coefficient (Wildman–Crippen LogP) is 2.57. The summed E-state index contributed by atoms with van der Waals surface area (Å²) in [6, 6.07) is 0.0544. The summed E-state index contributed by atoms with van der Waals surface area (Å²) in [4.78, 5) is 3.99. The summed E-state index contributed by atoms with van der Waals surface area (Å²) >= 11 is 0. The Bertz CT molecular complexity index is 328. The lowest BCUT2D eigenvalue weighted by Crippen LogP contribution is -2.21. The number of imidazole rings is 1. The lowest BCUT2D eigenvalue weighted by Gasteiger charge is -2.13. The minimum absolute atomic E-state index is 0.0544. The van der Waals surface area contributed by atoms with E-state index in [9.17, 15) is 13.2 Å². The number of aryl methyl sites for hydroxylation is 1. The summed E-state index contributed by atoms with van der Waals surface area (Å²) in [7, 11) is 0. The Morgan fingerprint density at radius 3 is 2.53 bits per heavy atom. The Morgan fingerprint density at radius 2 is 2.07 bits per heavy atom. The van der Waals surface area contributed by atoms with Crippen molar-refractivity contribution in [1.29, 1.82) is 0 Å². The second-order valence-electron chi connectivity index (χ2n) is 3.75. The number of aromatic nitrogens is 2. The summed E-state index contributed by atoms with van der Waals surface area (Å²) in [6.45, 7) is 4.35. The number of anilines is 1. The second kappa shape index (κ2) is 4.12. The zero-order chi connectivity index (χ0) is 11.6. The van der Waals surface area contributed by atoms with Gasteiger partial charge in [0.15, 0.2) is 0 Å². The molecule has 0 unspecified atom stereocenters. The van der Waals surface area contributed by atoms with Crippen LogP contribution in [0.3, 0.4) is 0 Å². The molecule has 1 rings (SSSR count). The Hall–Kier alpha value is -1.20. The van der Waals surface area contributed by atoms with Crippen LogP contribution < -0.4 is 5.32 Å². The summed E-state index contributed by atoms with van der Waals surface area (Å²) in [5.74, 6) is 0.264. The molecule has 0 fully saturated rings. The van der Waals surface area contributed by atoms with Gasteiger partial charge in [0.25, 0.3) is 0 Å². The van der Waals surface area contributed by atoms with Gasteiger partial charge in [0.1, 0.15) is 6.54 Å². The van der Waals surface area contributed by atoms with Gasteiger partial charge in [-0.1, -0.05) is 0 Å². The predicted molar refractivity (Wildman–Crippen MR) is 51.8 cm³/mol. The molecule has 1 aromatic heterocycles. The van der Waals surface area contributed by atoms with E-state index >= 15 is 0 Å². The van der Waals surface area contributed by atoms with Crippen molar-refractivity contribution in [2.75, 3.05) is 5.32 Å². The van der Waals surface area contributed by atoms with Crippen molar-refractivity contribution >= 4 is 5.95 Å². The van der Waals surface area contributed by atoms with Crippen molar-refractivity contribution < 1.29 is 13.2 Å². The third kappa shape index (κ3) is 3.81. The van der Waals surface area contributed by atoms with Crippen LogP contribution in [0.1, 0.15) is 19.5 Å². The molecule has 0 amide bonds. The van der Waals surface area contributed by atoms with Crippen LogP contribution in [0.25, 0.3) is 0 Å². The van der Waals surface area contributed by atoms with Crippen LogP contribution >= 0.6 is 0 Å². The molecule has 3 nitrogen and oxygen atoms in total. The first-order chi connectivity index (χ1) is 6.78. The number of nitrogens with zero attached hydrogens (tertiary/aromatic N) is 2. The van der Waals surface area contributed by atoms with E-state index in [4.69, 9.17) is 0 Å². The van der Waals surface area contributed by atoms with Gasteiger partial charge in [-0.15, -0.1) is 0 Å². The highest BCUT2D eigenvalue weighted by Crippen LogP contribution is 2.20. The average molecular weight is 221 g/mol. The molecule has 6 heteroatoms. The van der Waals surface area contributed by atoms with Gasteiger partial charge in [0.05, 0.1) is 5.69 Å². The molecule has 0 saturated heterocycles. The first kappa shape index (κ1) is 11.9. The number of nitrogens with one attached hydrogen (secondary N) is 1. The Labute approximate surface area is 86.3 Å². The highest BCUT2D eigenvalue weighted by Gasteiger charge is 2.29. The fourth-order valence-corrected chi connectivity index (χ4v) is 1.23. The molecule has 1 N–H and O–H groups in total. The molecule has 0 radical (unpaired) electrons. The Kier molecular flexibility index (Phi) is 3.26. The maximum Gasteiger partial charge on any atom is 0.406 e. The zero-order valence-corrected chi connectivity index (χ0v) is 8.89.